The van der Waals surface area contributed by atoms with E-state index in [2.05, 4.69) is 37.3 Å². The second kappa shape index (κ2) is 6.65. The molecule has 0 aliphatic carbocycles. The van der Waals surface area contributed by atoms with Crippen LogP contribution in [-0.2, 0) is 6.42 Å². The Labute approximate surface area is 123 Å². The lowest BCUT2D eigenvalue weighted by molar-refractivity contribution is 1.03. The molecule has 1 unspecified atom stereocenters. The maximum absolute atomic E-state index is 9.27. The standard InChI is InChI=1S/C16H14ClNS/c1-12-5-7-13(8-6-12)9-16(11-18)19-15-4-2-3-14(17)10-15/h2-8,10,16H,9H2,1H3. The molecule has 0 fully saturated rings. The second-order valence-corrected chi connectivity index (χ2v) is 6.10. The van der Waals surface area contributed by atoms with Crippen molar-refractivity contribution in [1.29, 1.82) is 5.26 Å². The highest BCUT2D eigenvalue weighted by atomic mass is 35.5. The van der Waals surface area contributed by atoms with Crippen LogP contribution in [0, 0.1) is 18.3 Å². The molecule has 0 aliphatic rings. The summed E-state index contributed by atoms with van der Waals surface area (Å²) in [4.78, 5) is 1.03. The number of nitrogens with zero attached hydrogens (tertiary/aromatic N) is 1. The Morgan fingerprint density at radius 2 is 1.95 bits per heavy atom. The van der Waals surface area contributed by atoms with E-state index in [0.29, 0.717) is 5.02 Å². The lowest BCUT2D eigenvalue weighted by Crippen LogP contribution is -2.03. The van der Waals surface area contributed by atoms with Gasteiger partial charge < -0.3 is 0 Å². The molecule has 3 heteroatoms. The highest BCUT2D eigenvalue weighted by molar-refractivity contribution is 8.00. The van der Waals surface area contributed by atoms with E-state index < -0.39 is 0 Å². The first kappa shape index (κ1) is 14.0. The van der Waals surface area contributed by atoms with Crippen molar-refractivity contribution in [3.8, 4) is 6.07 Å². The lowest BCUT2D eigenvalue weighted by Gasteiger charge is -2.09. The van der Waals surface area contributed by atoms with E-state index in [9.17, 15) is 5.26 Å². The molecule has 2 aromatic carbocycles. The molecule has 0 radical (unpaired) electrons. The molecule has 2 rings (SSSR count). The van der Waals surface area contributed by atoms with Crippen molar-refractivity contribution in [2.45, 2.75) is 23.5 Å². The normalized spacial score (nSPS) is 11.8. The molecular weight excluding hydrogens is 274 g/mol. The zero-order valence-electron chi connectivity index (χ0n) is 10.6. The molecule has 1 nitrogen and oxygen atoms in total. The van der Waals surface area contributed by atoms with Crippen molar-refractivity contribution in [3.05, 3.63) is 64.7 Å². The summed E-state index contributed by atoms with van der Waals surface area (Å²) in [6, 6.07) is 18.3. The Balaban J connectivity index is 2.05. The first-order valence-electron chi connectivity index (χ1n) is 6.05. The molecule has 0 heterocycles. The van der Waals surface area contributed by atoms with Crippen molar-refractivity contribution in [3.63, 3.8) is 0 Å². The fourth-order valence-electron chi connectivity index (χ4n) is 1.76. The monoisotopic (exact) mass is 287 g/mol. The summed E-state index contributed by atoms with van der Waals surface area (Å²) >= 11 is 7.51. The Kier molecular flexibility index (Phi) is 4.90. The summed E-state index contributed by atoms with van der Waals surface area (Å²) in [5, 5.41) is 9.88. The van der Waals surface area contributed by atoms with Crippen molar-refractivity contribution in [2.24, 2.45) is 0 Å². The summed E-state index contributed by atoms with van der Waals surface area (Å²) in [5.41, 5.74) is 2.42. The summed E-state index contributed by atoms with van der Waals surface area (Å²) in [6.45, 7) is 2.06. The number of aryl methyl sites for hydroxylation is 1. The number of hydrogen-bond donors (Lipinski definition) is 0. The number of hydrogen-bond acceptors (Lipinski definition) is 2. The van der Waals surface area contributed by atoms with Crippen LogP contribution in [0.5, 0.6) is 0 Å². The van der Waals surface area contributed by atoms with Crippen LogP contribution in [0.2, 0.25) is 5.02 Å². The van der Waals surface area contributed by atoms with E-state index in [1.807, 2.05) is 24.3 Å². The number of benzene rings is 2. The molecule has 0 aliphatic heterocycles. The van der Waals surface area contributed by atoms with Gasteiger partial charge in [0.2, 0.25) is 0 Å². The second-order valence-electron chi connectivity index (χ2n) is 4.38. The quantitative estimate of drug-likeness (QED) is 0.749. The molecular formula is C16H14ClNS. The summed E-state index contributed by atoms with van der Waals surface area (Å²) in [5.74, 6) is 0. The van der Waals surface area contributed by atoms with Crippen LogP contribution in [0.4, 0.5) is 0 Å². The Morgan fingerprint density at radius 1 is 1.21 bits per heavy atom. The molecule has 0 saturated heterocycles. The summed E-state index contributed by atoms with van der Waals surface area (Å²) < 4.78 is 0. The molecule has 19 heavy (non-hydrogen) atoms. The molecule has 96 valence electrons. The third-order valence-electron chi connectivity index (χ3n) is 2.76. The third-order valence-corrected chi connectivity index (χ3v) is 4.08. The molecule has 0 amide bonds. The minimum absolute atomic E-state index is 0.0961. The molecule has 1 atom stereocenters. The van der Waals surface area contributed by atoms with Gasteiger partial charge >= 0.3 is 0 Å². The van der Waals surface area contributed by atoms with Crippen molar-refractivity contribution in [1.82, 2.24) is 0 Å². The van der Waals surface area contributed by atoms with E-state index in [1.54, 1.807) is 11.8 Å². The lowest BCUT2D eigenvalue weighted by atomic mass is 10.1. The first-order chi connectivity index (χ1) is 9.17. The van der Waals surface area contributed by atoms with Crippen LogP contribution < -0.4 is 0 Å². The molecule has 2 aromatic rings. The Morgan fingerprint density at radius 3 is 2.58 bits per heavy atom. The van der Waals surface area contributed by atoms with Crippen molar-refractivity contribution >= 4 is 23.4 Å². The maximum Gasteiger partial charge on any atom is 0.100 e. The van der Waals surface area contributed by atoms with Crippen molar-refractivity contribution in [2.75, 3.05) is 0 Å². The van der Waals surface area contributed by atoms with Gasteiger partial charge in [-0.25, -0.2) is 0 Å². The fraction of sp³-hybridized carbons (Fsp3) is 0.188. The van der Waals surface area contributed by atoms with Gasteiger partial charge in [0.1, 0.15) is 5.25 Å². The van der Waals surface area contributed by atoms with Gasteiger partial charge in [-0.15, -0.1) is 11.8 Å². The Bertz CT molecular complexity index is 586. The van der Waals surface area contributed by atoms with Crippen LogP contribution in [0.25, 0.3) is 0 Å². The molecule has 0 saturated carbocycles. The van der Waals surface area contributed by atoms with Gasteiger partial charge in [0, 0.05) is 9.92 Å². The molecule has 0 bridgehead atoms. The SMILES string of the molecule is Cc1ccc(CC(C#N)Sc2cccc(Cl)c2)cc1. The maximum atomic E-state index is 9.27. The largest absolute Gasteiger partial charge is 0.197 e. The van der Waals surface area contributed by atoms with Crippen LogP contribution in [0.1, 0.15) is 11.1 Å². The van der Waals surface area contributed by atoms with Gasteiger partial charge in [0.05, 0.1) is 6.07 Å². The minimum Gasteiger partial charge on any atom is -0.197 e. The highest BCUT2D eigenvalue weighted by Crippen LogP contribution is 2.27. The van der Waals surface area contributed by atoms with E-state index in [1.165, 1.54) is 11.1 Å². The average Bonchev–Trinajstić information content (AvgIpc) is 2.40. The fourth-order valence-corrected chi connectivity index (χ4v) is 3.02. The number of rotatable bonds is 4. The summed E-state index contributed by atoms with van der Waals surface area (Å²) in [7, 11) is 0. The average molecular weight is 288 g/mol. The Hall–Kier alpha value is -1.43. The van der Waals surface area contributed by atoms with Gasteiger partial charge in [-0.3, -0.25) is 0 Å². The topological polar surface area (TPSA) is 23.8 Å². The number of thioether (sulfide) groups is 1. The molecule has 0 spiro atoms. The van der Waals surface area contributed by atoms with Crippen molar-refractivity contribution < 1.29 is 0 Å². The van der Waals surface area contributed by atoms with Gasteiger partial charge in [-0.1, -0.05) is 47.5 Å². The van der Waals surface area contributed by atoms with Gasteiger partial charge in [0.25, 0.3) is 0 Å². The summed E-state index contributed by atoms with van der Waals surface area (Å²) in [6.07, 6.45) is 0.744. The van der Waals surface area contributed by atoms with E-state index in [4.69, 9.17) is 11.6 Å². The zero-order chi connectivity index (χ0) is 13.7. The van der Waals surface area contributed by atoms with E-state index in [-0.39, 0.29) is 5.25 Å². The van der Waals surface area contributed by atoms with Crippen LogP contribution >= 0.6 is 23.4 Å². The number of nitriles is 1. The molecule has 0 aromatic heterocycles. The number of halogens is 1. The predicted molar refractivity (Wildman–Crippen MR) is 81.6 cm³/mol. The van der Waals surface area contributed by atoms with Gasteiger partial charge in [-0.2, -0.15) is 5.26 Å². The van der Waals surface area contributed by atoms with E-state index >= 15 is 0 Å². The highest BCUT2D eigenvalue weighted by Gasteiger charge is 2.10. The predicted octanol–water partition coefficient (Wildman–Crippen LogP) is 4.88. The van der Waals surface area contributed by atoms with Crippen LogP contribution in [-0.4, -0.2) is 5.25 Å². The smallest absolute Gasteiger partial charge is 0.100 e. The zero-order valence-corrected chi connectivity index (χ0v) is 12.2. The first-order valence-corrected chi connectivity index (χ1v) is 7.30. The van der Waals surface area contributed by atoms with Crippen LogP contribution in [0.3, 0.4) is 0 Å². The van der Waals surface area contributed by atoms with Gasteiger partial charge in [-0.05, 0) is 37.1 Å². The third kappa shape index (κ3) is 4.31. The minimum atomic E-state index is -0.0961. The van der Waals surface area contributed by atoms with Crippen LogP contribution in [0.15, 0.2) is 53.4 Å². The molecule has 0 N–H and O–H groups in total. The van der Waals surface area contributed by atoms with E-state index in [0.717, 1.165) is 11.3 Å². The van der Waals surface area contributed by atoms with Gasteiger partial charge in [0.15, 0.2) is 0 Å².